The van der Waals surface area contributed by atoms with Crippen molar-refractivity contribution in [3.8, 4) is 5.75 Å². The standard InChI is InChI=1S/C15H20O4/c1-2-18-12-7-5-6-11(10-12)14(15(16)17)13-8-3-4-9-19-13/h5-7,10,13-14H,2-4,8-9H2,1H3,(H,16,17). The van der Waals surface area contributed by atoms with E-state index in [9.17, 15) is 9.90 Å². The van der Waals surface area contributed by atoms with E-state index in [1.807, 2.05) is 25.1 Å². The van der Waals surface area contributed by atoms with E-state index in [2.05, 4.69) is 0 Å². The van der Waals surface area contributed by atoms with Crippen LogP contribution in [0.4, 0.5) is 0 Å². The Labute approximate surface area is 113 Å². The van der Waals surface area contributed by atoms with Gasteiger partial charge in [0.1, 0.15) is 11.7 Å². The Bertz CT molecular complexity index is 424. The van der Waals surface area contributed by atoms with E-state index >= 15 is 0 Å². The summed E-state index contributed by atoms with van der Waals surface area (Å²) in [6.07, 6.45) is 2.61. The molecule has 0 saturated carbocycles. The van der Waals surface area contributed by atoms with Crippen LogP contribution < -0.4 is 4.74 Å². The Morgan fingerprint density at radius 3 is 3.00 bits per heavy atom. The van der Waals surface area contributed by atoms with Crippen LogP contribution in [0.5, 0.6) is 5.75 Å². The van der Waals surface area contributed by atoms with Gasteiger partial charge in [-0.1, -0.05) is 12.1 Å². The zero-order valence-electron chi connectivity index (χ0n) is 11.2. The normalized spacial score (nSPS) is 20.8. The molecule has 0 spiro atoms. The number of hydrogen-bond donors (Lipinski definition) is 1. The van der Waals surface area contributed by atoms with Crippen LogP contribution in [0, 0.1) is 0 Å². The summed E-state index contributed by atoms with van der Waals surface area (Å²) in [5.41, 5.74) is 0.755. The second-order valence-corrected chi connectivity index (χ2v) is 4.73. The molecule has 1 aliphatic rings. The number of hydrogen-bond acceptors (Lipinski definition) is 3. The molecule has 1 heterocycles. The van der Waals surface area contributed by atoms with E-state index in [1.54, 1.807) is 6.07 Å². The van der Waals surface area contributed by atoms with Crippen molar-refractivity contribution in [2.45, 2.75) is 38.2 Å². The minimum atomic E-state index is -0.833. The average Bonchev–Trinajstić information content (AvgIpc) is 2.40. The van der Waals surface area contributed by atoms with Gasteiger partial charge in [-0.15, -0.1) is 0 Å². The summed E-state index contributed by atoms with van der Waals surface area (Å²) < 4.78 is 11.1. The molecule has 4 heteroatoms. The summed E-state index contributed by atoms with van der Waals surface area (Å²) in [5, 5.41) is 9.48. The third-order valence-corrected chi connectivity index (χ3v) is 3.38. The third-order valence-electron chi connectivity index (χ3n) is 3.38. The molecule has 2 unspecified atom stereocenters. The molecular formula is C15H20O4. The zero-order chi connectivity index (χ0) is 13.7. The summed E-state index contributed by atoms with van der Waals surface area (Å²) in [7, 11) is 0. The maximum absolute atomic E-state index is 11.5. The molecule has 104 valence electrons. The highest BCUT2D eigenvalue weighted by Gasteiger charge is 2.32. The van der Waals surface area contributed by atoms with Gasteiger partial charge in [0.15, 0.2) is 0 Å². The van der Waals surface area contributed by atoms with E-state index in [-0.39, 0.29) is 6.10 Å². The Morgan fingerprint density at radius 1 is 1.53 bits per heavy atom. The summed E-state index contributed by atoms with van der Waals surface area (Å²) in [5.74, 6) is -0.733. The summed E-state index contributed by atoms with van der Waals surface area (Å²) in [6, 6.07) is 7.31. The average molecular weight is 264 g/mol. The van der Waals surface area contributed by atoms with Crippen molar-refractivity contribution < 1.29 is 19.4 Å². The van der Waals surface area contributed by atoms with Gasteiger partial charge in [-0.05, 0) is 43.9 Å². The molecule has 1 N–H and O–H groups in total. The van der Waals surface area contributed by atoms with Crippen molar-refractivity contribution >= 4 is 5.97 Å². The number of carboxylic acid groups (broad SMARTS) is 1. The number of aliphatic carboxylic acids is 1. The lowest BCUT2D eigenvalue weighted by Crippen LogP contribution is -2.31. The molecule has 1 aromatic carbocycles. The Morgan fingerprint density at radius 2 is 2.37 bits per heavy atom. The highest BCUT2D eigenvalue weighted by molar-refractivity contribution is 5.77. The summed E-state index contributed by atoms with van der Waals surface area (Å²) in [6.45, 7) is 3.13. The van der Waals surface area contributed by atoms with E-state index in [0.717, 1.165) is 24.8 Å². The van der Waals surface area contributed by atoms with E-state index in [4.69, 9.17) is 9.47 Å². The lowest BCUT2D eigenvalue weighted by atomic mass is 9.89. The van der Waals surface area contributed by atoms with Crippen LogP contribution in [0.2, 0.25) is 0 Å². The molecule has 0 amide bonds. The van der Waals surface area contributed by atoms with Crippen LogP contribution in [0.1, 0.15) is 37.7 Å². The van der Waals surface area contributed by atoms with Gasteiger partial charge in [-0.2, -0.15) is 0 Å². The highest BCUT2D eigenvalue weighted by atomic mass is 16.5. The predicted molar refractivity (Wildman–Crippen MR) is 71.6 cm³/mol. The van der Waals surface area contributed by atoms with Crippen molar-refractivity contribution in [3.63, 3.8) is 0 Å². The Hall–Kier alpha value is -1.55. The molecule has 1 aromatic rings. The van der Waals surface area contributed by atoms with Crippen LogP contribution in [0.3, 0.4) is 0 Å². The molecule has 4 nitrogen and oxygen atoms in total. The van der Waals surface area contributed by atoms with Gasteiger partial charge in [-0.3, -0.25) is 4.79 Å². The second-order valence-electron chi connectivity index (χ2n) is 4.73. The van der Waals surface area contributed by atoms with Gasteiger partial charge >= 0.3 is 5.97 Å². The Kier molecular flexibility index (Phi) is 4.80. The first-order valence-corrected chi connectivity index (χ1v) is 6.79. The van der Waals surface area contributed by atoms with Crippen LogP contribution >= 0.6 is 0 Å². The lowest BCUT2D eigenvalue weighted by molar-refractivity contribution is -0.144. The molecule has 0 bridgehead atoms. The fourth-order valence-electron chi connectivity index (χ4n) is 2.51. The SMILES string of the molecule is CCOc1cccc(C(C(=O)O)C2CCCCO2)c1. The van der Waals surface area contributed by atoms with Crippen molar-refractivity contribution in [3.05, 3.63) is 29.8 Å². The van der Waals surface area contributed by atoms with Gasteiger partial charge in [0.25, 0.3) is 0 Å². The smallest absolute Gasteiger partial charge is 0.313 e. The maximum atomic E-state index is 11.5. The monoisotopic (exact) mass is 264 g/mol. The summed E-state index contributed by atoms with van der Waals surface area (Å²) >= 11 is 0. The number of carbonyl (C=O) groups is 1. The minimum Gasteiger partial charge on any atom is -0.494 e. The van der Waals surface area contributed by atoms with E-state index in [0.29, 0.717) is 19.0 Å². The first kappa shape index (κ1) is 13.9. The van der Waals surface area contributed by atoms with Gasteiger partial charge in [-0.25, -0.2) is 0 Å². The third kappa shape index (κ3) is 3.47. The number of rotatable bonds is 5. The van der Waals surface area contributed by atoms with Gasteiger partial charge < -0.3 is 14.6 Å². The number of carboxylic acids is 1. The van der Waals surface area contributed by atoms with Crippen molar-refractivity contribution in [2.75, 3.05) is 13.2 Å². The van der Waals surface area contributed by atoms with Crippen LogP contribution in [0.15, 0.2) is 24.3 Å². The summed E-state index contributed by atoms with van der Waals surface area (Å²) in [4.78, 5) is 11.5. The zero-order valence-corrected chi connectivity index (χ0v) is 11.2. The molecule has 0 radical (unpaired) electrons. The van der Waals surface area contributed by atoms with Crippen molar-refractivity contribution in [1.29, 1.82) is 0 Å². The van der Waals surface area contributed by atoms with Crippen LogP contribution in [-0.2, 0) is 9.53 Å². The van der Waals surface area contributed by atoms with E-state index < -0.39 is 11.9 Å². The highest BCUT2D eigenvalue weighted by Crippen LogP contribution is 2.30. The first-order valence-electron chi connectivity index (χ1n) is 6.79. The first-order chi connectivity index (χ1) is 9.22. The largest absolute Gasteiger partial charge is 0.494 e. The van der Waals surface area contributed by atoms with Crippen LogP contribution in [-0.4, -0.2) is 30.4 Å². The predicted octanol–water partition coefficient (Wildman–Crippen LogP) is 2.82. The molecule has 0 aromatic heterocycles. The number of ether oxygens (including phenoxy) is 2. The minimum absolute atomic E-state index is 0.233. The quantitative estimate of drug-likeness (QED) is 0.888. The molecule has 0 aliphatic carbocycles. The van der Waals surface area contributed by atoms with Gasteiger partial charge in [0.05, 0.1) is 12.7 Å². The molecule has 19 heavy (non-hydrogen) atoms. The second kappa shape index (κ2) is 6.57. The number of benzene rings is 1. The molecular weight excluding hydrogens is 244 g/mol. The van der Waals surface area contributed by atoms with Gasteiger partial charge in [0.2, 0.25) is 0 Å². The van der Waals surface area contributed by atoms with Crippen molar-refractivity contribution in [1.82, 2.24) is 0 Å². The molecule has 2 rings (SSSR count). The van der Waals surface area contributed by atoms with Gasteiger partial charge in [0, 0.05) is 6.61 Å². The maximum Gasteiger partial charge on any atom is 0.313 e. The molecule has 1 fully saturated rings. The van der Waals surface area contributed by atoms with Crippen LogP contribution in [0.25, 0.3) is 0 Å². The molecule has 2 atom stereocenters. The fourth-order valence-corrected chi connectivity index (χ4v) is 2.51. The molecule has 1 aliphatic heterocycles. The Balaban J connectivity index is 2.22. The topological polar surface area (TPSA) is 55.8 Å². The van der Waals surface area contributed by atoms with Crippen molar-refractivity contribution in [2.24, 2.45) is 0 Å². The lowest BCUT2D eigenvalue weighted by Gasteiger charge is -2.28. The fraction of sp³-hybridized carbons (Fsp3) is 0.533. The molecule has 1 saturated heterocycles. The van der Waals surface area contributed by atoms with E-state index in [1.165, 1.54) is 0 Å².